The maximum atomic E-state index is 5.26. The van der Waals surface area contributed by atoms with E-state index in [1.54, 1.807) is 20.4 Å². The van der Waals surface area contributed by atoms with Gasteiger partial charge < -0.3 is 14.8 Å². The molecule has 19 heavy (non-hydrogen) atoms. The van der Waals surface area contributed by atoms with Gasteiger partial charge in [0.25, 0.3) is 0 Å². The molecule has 2 aromatic rings. The van der Waals surface area contributed by atoms with Crippen LogP contribution in [0, 0.1) is 0 Å². The molecule has 0 atom stereocenters. The Bertz CT molecular complexity index is 507. The standard InChI is InChI=1S/C11H15BrN4O2S/c1-17-10-9(11(18-2)19-15-10)6-13-3-4-16-7-8(12)5-14-16/h5,7,13H,3-4,6H2,1-2H3. The minimum Gasteiger partial charge on any atom is -0.486 e. The number of nitrogens with zero attached hydrogens (tertiary/aromatic N) is 3. The summed E-state index contributed by atoms with van der Waals surface area (Å²) in [6, 6.07) is 0. The van der Waals surface area contributed by atoms with Gasteiger partial charge in [-0.3, -0.25) is 4.68 Å². The first-order valence-electron chi connectivity index (χ1n) is 5.69. The number of hydrogen-bond acceptors (Lipinski definition) is 6. The molecule has 0 radical (unpaired) electrons. The summed E-state index contributed by atoms with van der Waals surface area (Å²) in [6.45, 7) is 2.26. The number of hydrogen-bond donors (Lipinski definition) is 1. The second-order valence-corrected chi connectivity index (χ2v) is 5.41. The molecule has 0 aliphatic rings. The van der Waals surface area contributed by atoms with E-state index in [4.69, 9.17) is 9.47 Å². The minimum atomic E-state index is 0.621. The molecular weight excluding hydrogens is 332 g/mol. The van der Waals surface area contributed by atoms with Crippen LogP contribution in [0.5, 0.6) is 10.9 Å². The zero-order valence-corrected chi connectivity index (χ0v) is 13.1. The van der Waals surface area contributed by atoms with E-state index in [9.17, 15) is 0 Å². The second kappa shape index (κ2) is 6.88. The number of rotatable bonds is 7. The molecule has 0 amide bonds. The van der Waals surface area contributed by atoms with E-state index in [2.05, 4.69) is 30.7 Å². The Kier molecular flexibility index (Phi) is 5.17. The van der Waals surface area contributed by atoms with Gasteiger partial charge in [0.15, 0.2) is 0 Å². The first-order valence-corrected chi connectivity index (χ1v) is 7.26. The Labute approximate surface area is 124 Å². The van der Waals surface area contributed by atoms with Crippen molar-refractivity contribution in [3.63, 3.8) is 0 Å². The minimum absolute atomic E-state index is 0.621. The summed E-state index contributed by atoms with van der Waals surface area (Å²) < 4.78 is 17.5. The molecule has 1 N–H and O–H groups in total. The Balaban J connectivity index is 1.83. The summed E-state index contributed by atoms with van der Waals surface area (Å²) in [6.07, 6.45) is 3.71. The molecule has 0 unspecified atom stereocenters. The third-order valence-electron chi connectivity index (χ3n) is 2.52. The maximum absolute atomic E-state index is 5.26. The largest absolute Gasteiger partial charge is 0.486 e. The van der Waals surface area contributed by atoms with Crippen LogP contribution in [0.4, 0.5) is 0 Å². The third kappa shape index (κ3) is 3.68. The first-order chi connectivity index (χ1) is 9.24. The van der Waals surface area contributed by atoms with Gasteiger partial charge in [0.1, 0.15) is 0 Å². The highest BCUT2D eigenvalue weighted by atomic mass is 79.9. The summed E-state index contributed by atoms with van der Waals surface area (Å²) in [4.78, 5) is 0. The summed E-state index contributed by atoms with van der Waals surface area (Å²) in [5.41, 5.74) is 0.955. The SMILES string of the molecule is COc1nsc(OC)c1CNCCn1cc(Br)cn1. The lowest BCUT2D eigenvalue weighted by Gasteiger charge is -2.06. The molecule has 2 aromatic heterocycles. The fourth-order valence-corrected chi connectivity index (χ4v) is 2.64. The monoisotopic (exact) mass is 346 g/mol. The molecule has 0 aliphatic heterocycles. The van der Waals surface area contributed by atoms with Crippen LogP contribution in [0.25, 0.3) is 0 Å². The fourth-order valence-electron chi connectivity index (χ4n) is 1.62. The van der Waals surface area contributed by atoms with Crippen molar-refractivity contribution in [2.45, 2.75) is 13.1 Å². The zero-order chi connectivity index (χ0) is 13.7. The Hall–Kier alpha value is -1.12. The van der Waals surface area contributed by atoms with Crippen molar-refractivity contribution >= 4 is 27.5 Å². The van der Waals surface area contributed by atoms with E-state index in [1.165, 1.54) is 11.5 Å². The van der Waals surface area contributed by atoms with Crippen molar-refractivity contribution in [2.24, 2.45) is 0 Å². The number of halogens is 1. The molecule has 6 nitrogen and oxygen atoms in total. The highest BCUT2D eigenvalue weighted by Gasteiger charge is 2.14. The van der Waals surface area contributed by atoms with Crippen LogP contribution < -0.4 is 14.8 Å². The van der Waals surface area contributed by atoms with Crippen LogP contribution in [-0.2, 0) is 13.1 Å². The number of nitrogens with one attached hydrogen (secondary N) is 1. The van der Waals surface area contributed by atoms with Gasteiger partial charge in [0, 0.05) is 30.8 Å². The van der Waals surface area contributed by atoms with Crippen LogP contribution in [0.15, 0.2) is 16.9 Å². The predicted octanol–water partition coefficient (Wildman–Crippen LogP) is 1.91. The van der Waals surface area contributed by atoms with Crippen LogP contribution in [0.3, 0.4) is 0 Å². The van der Waals surface area contributed by atoms with Crippen molar-refractivity contribution in [1.82, 2.24) is 19.5 Å². The fraction of sp³-hybridized carbons (Fsp3) is 0.455. The van der Waals surface area contributed by atoms with Crippen molar-refractivity contribution < 1.29 is 9.47 Å². The summed E-state index contributed by atoms with van der Waals surface area (Å²) in [7, 11) is 3.25. The summed E-state index contributed by atoms with van der Waals surface area (Å²) in [5, 5.41) is 8.30. The average molecular weight is 347 g/mol. The van der Waals surface area contributed by atoms with Crippen molar-refractivity contribution in [2.75, 3.05) is 20.8 Å². The molecule has 0 spiro atoms. The highest BCUT2D eigenvalue weighted by Crippen LogP contribution is 2.31. The van der Waals surface area contributed by atoms with Crippen LogP contribution in [0.2, 0.25) is 0 Å². The zero-order valence-electron chi connectivity index (χ0n) is 10.7. The van der Waals surface area contributed by atoms with E-state index < -0.39 is 0 Å². The molecule has 0 saturated heterocycles. The molecule has 0 saturated carbocycles. The number of methoxy groups -OCH3 is 2. The average Bonchev–Trinajstić information content (AvgIpc) is 3.00. The van der Waals surface area contributed by atoms with Gasteiger partial charge in [-0.1, -0.05) is 0 Å². The van der Waals surface area contributed by atoms with Crippen molar-refractivity contribution in [1.29, 1.82) is 0 Å². The summed E-state index contributed by atoms with van der Waals surface area (Å²) in [5.74, 6) is 0.621. The highest BCUT2D eigenvalue weighted by molar-refractivity contribution is 9.10. The van der Waals surface area contributed by atoms with Gasteiger partial charge in [-0.15, -0.1) is 0 Å². The molecule has 2 heterocycles. The van der Waals surface area contributed by atoms with Crippen molar-refractivity contribution in [3.8, 4) is 10.9 Å². The van der Waals surface area contributed by atoms with Gasteiger partial charge in [-0.2, -0.15) is 9.47 Å². The first kappa shape index (κ1) is 14.3. The van der Waals surface area contributed by atoms with Crippen molar-refractivity contribution in [3.05, 3.63) is 22.4 Å². The van der Waals surface area contributed by atoms with Crippen LogP contribution >= 0.6 is 27.5 Å². The number of aromatic nitrogens is 3. The molecule has 2 rings (SSSR count). The second-order valence-electron chi connectivity index (χ2n) is 3.76. The lowest BCUT2D eigenvalue weighted by Crippen LogP contribution is -2.20. The number of ether oxygens (including phenoxy) is 2. The molecule has 8 heteroatoms. The molecule has 0 fully saturated rings. The summed E-state index contributed by atoms with van der Waals surface area (Å²) >= 11 is 4.66. The lowest BCUT2D eigenvalue weighted by atomic mass is 10.3. The normalized spacial score (nSPS) is 10.7. The van der Waals surface area contributed by atoms with Gasteiger partial charge in [-0.05, 0) is 15.9 Å². The Morgan fingerprint density at radius 1 is 1.42 bits per heavy atom. The topological polar surface area (TPSA) is 61.2 Å². The van der Waals surface area contributed by atoms with E-state index in [0.717, 1.165) is 28.2 Å². The molecule has 104 valence electrons. The van der Waals surface area contributed by atoms with Gasteiger partial charge >= 0.3 is 0 Å². The van der Waals surface area contributed by atoms with Crippen LogP contribution in [0.1, 0.15) is 5.56 Å². The molecule has 0 bridgehead atoms. The molecule has 0 aliphatic carbocycles. The van der Waals surface area contributed by atoms with Crippen LogP contribution in [-0.4, -0.2) is 34.9 Å². The molecular formula is C11H15BrN4O2S. The van der Waals surface area contributed by atoms with Gasteiger partial charge in [0.2, 0.25) is 10.9 Å². The van der Waals surface area contributed by atoms with E-state index in [0.29, 0.717) is 12.4 Å². The quantitative estimate of drug-likeness (QED) is 0.776. The Morgan fingerprint density at radius 3 is 2.89 bits per heavy atom. The van der Waals surface area contributed by atoms with E-state index in [-0.39, 0.29) is 0 Å². The smallest absolute Gasteiger partial charge is 0.233 e. The lowest BCUT2D eigenvalue weighted by molar-refractivity contribution is 0.384. The van der Waals surface area contributed by atoms with Gasteiger partial charge in [-0.25, -0.2) is 0 Å². The predicted molar refractivity (Wildman–Crippen MR) is 76.9 cm³/mol. The molecule has 0 aromatic carbocycles. The van der Waals surface area contributed by atoms with E-state index >= 15 is 0 Å². The van der Waals surface area contributed by atoms with E-state index in [1.807, 2.05) is 10.9 Å². The maximum Gasteiger partial charge on any atom is 0.233 e. The third-order valence-corrected chi connectivity index (χ3v) is 3.76. The van der Waals surface area contributed by atoms with Gasteiger partial charge in [0.05, 0.1) is 37.0 Å². The Morgan fingerprint density at radius 2 is 2.26 bits per heavy atom.